The maximum atomic E-state index is 13.8. The zero-order valence-electron chi connectivity index (χ0n) is 16.6. The van der Waals surface area contributed by atoms with Crippen LogP contribution in [0.2, 0.25) is 0 Å². The number of ether oxygens (including phenoxy) is 1. The van der Waals surface area contributed by atoms with Gasteiger partial charge in [-0.25, -0.2) is 4.79 Å². The van der Waals surface area contributed by atoms with Gasteiger partial charge in [0.25, 0.3) is 0 Å². The minimum Gasteiger partial charge on any atom is -0.466 e. The van der Waals surface area contributed by atoms with Crippen LogP contribution in [0.15, 0.2) is 64.7 Å². The summed E-state index contributed by atoms with van der Waals surface area (Å²) < 4.78 is 5.88. The molecule has 1 aliphatic carbocycles. The second kappa shape index (κ2) is 8.34. The van der Waals surface area contributed by atoms with Crippen molar-refractivity contribution in [2.75, 3.05) is 7.11 Å². The molecule has 5 heteroatoms. The molecular formula is C24H22BrNO3. The Morgan fingerprint density at radius 1 is 1.14 bits per heavy atom. The Bertz CT molecular complexity index is 1000. The van der Waals surface area contributed by atoms with Crippen LogP contribution in [0.25, 0.3) is 0 Å². The third kappa shape index (κ3) is 3.54. The van der Waals surface area contributed by atoms with Crippen molar-refractivity contribution in [2.24, 2.45) is 11.3 Å². The van der Waals surface area contributed by atoms with Crippen LogP contribution in [0.1, 0.15) is 40.7 Å². The summed E-state index contributed by atoms with van der Waals surface area (Å²) in [4.78, 5) is 26.4. The molecule has 2 aromatic rings. The smallest absolute Gasteiger partial charge is 0.334 e. The van der Waals surface area contributed by atoms with Crippen LogP contribution >= 0.6 is 15.9 Å². The van der Waals surface area contributed by atoms with Crippen molar-refractivity contribution in [3.8, 4) is 6.07 Å². The molecule has 3 atom stereocenters. The molecule has 29 heavy (non-hydrogen) atoms. The van der Waals surface area contributed by atoms with Crippen molar-refractivity contribution in [2.45, 2.75) is 26.2 Å². The van der Waals surface area contributed by atoms with Gasteiger partial charge in [-0.1, -0.05) is 70.9 Å². The topological polar surface area (TPSA) is 67.2 Å². The molecular weight excluding hydrogens is 430 g/mol. The number of ketones is 1. The van der Waals surface area contributed by atoms with Crippen LogP contribution in [0.3, 0.4) is 0 Å². The van der Waals surface area contributed by atoms with Crippen molar-refractivity contribution >= 4 is 27.7 Å². The maximum absolute atomic E-state index is 13.8. The quantitative estimate of drug-likeness (QED) is 0.452. The molecule has 148 valence electrons. The number of allylic oxidation sites excluding steroid dienone is 1. The number of esters is 1. The molecule has 0 aromatic heterocycles. The number of nitriles is 1. The number of nitrogens with zero attached hydrogens (tertiary/aromatic N) is 1. The summed E-state index contributed by atoms with van der Waals surface area (Å²) in [6.45, 7) is 3.87. The highest BCUT2D eigenvalue weighted by Gasteiger charge is 2.58. The zero-order chi connectivity index (χ0) is 21.2. The zero-order valence-corrected chi connectivity index (χ0v) is 18.2. The third-order valence-corrected chi connectivity index (χ3v) is 6.20. The average Bonchev–Trinajstić information content (AvgIpc) is 3.09. The molecule has 3 unspecified atom stereocenters. The molecule has 0 amide bonds. The lowest BCUT2D eigenvalue weighted by Crippen LogP contribution is -2.40. The Hall–Kier alpha value is -2.71. The fraction of sp³-hybridized carbons (Fsp3) is 0.292. The Morgan fingerprint density at radius 2 is 1.76 bits per heavy atom. The first-order chi connectivity index (χ1) is 13.9. The number of Topliss-reactive ketones (excluding diaryl/α,β-unsaturated/α-hetero) is 1. The van der Waals surface area contributed by atoms with Crippen molar-refractivity contribution in [3.05, 3.63) is 81.3 Å². The summed E-state index contributed by atoms with van der Waals surface area (Å²) in [5.41, 5.74) is 1.19. The lowest BCUT2D eigenvalue weighted by molar-refractivity contribution is -0.136. The van der Waals surface area contributed by atoms with Crippen molar-refractivity contribution in [1.29, 1.82) is 5.26 Å². The van der Waals surface area contributed by atoms with Crippen LogP contribution in [0.4, 0.5) is 0 Å². The van der Waals surface area contributed by atoms with E-state index in [0.717, 1.165) is 15.6 Å². The summed E-state index contributed by atoms with van der Waals surface area (Å²) in [6, 6.07) is 16.9. The molecule has 4 nitrogen and oxygen atoms in total. The van der Waals surface area contributed by atoms with E-state index in [0.29, 0.717) is 17.6 Å². The lowest BCUT2D eigenvalue weighted by Gasteiger charge is -2.34. The number of carbonyl (C=O) groups excluding carboxylic acids is 2. The van der Waals surface area contributed by atoms with Crippen molar-refractivity contribution in [3.63, 3.8) is 0 Å². The lowest BCUT2D eigenvalue weighted by atomic mass is 9.63. The minimum absolute atomic E-state index is 0.269. The Kier molecular flexibility index (Phi) is 6.04. The fourth-order valence-electron chi connectivity index (χ4n) is 4.19. The first-order valence-electron chi connectivity index (χ1n) is 9.47. The normalized spacial score (nSPS) is 23.2. The van der Waals surface area contributed by atoms with Gasteiger partial charge >= 0.3 is 5.97 Å². The van der Waals surface area contributed by atoms with E-state index in [9.17, 15) is 14.9 Å². The molecule has 2 aromatic carbocycles. The number of halogens is 1. The predicted octanol–water partition coefficient (Wildman–Crippen LogP) is 5.37. The second-order valence-corrected chi connectivity index (χ2v) is 8.20. The highest BCUT2D eigenvalue weighted by atomic mass is 79.9. The van der Waals surface area contributed by atoms with Crippen LogP contribution in [0, 0.1) is 29.6 Å². The van der Waals surface area contributed by atoms with Gasteiger partial charge in [-0.3, -0.25) is 4.79 Å². The van der Waals surface area contributed by atoms with Gasteiger partial charge in [0.15, 0.2) is 5.78 Å². The number of aryl methyl sites for hydroxylation is 1. The molecule has 0 N–H and O–H groups in total. The monoisotopic (exact) mass is 451 g/mol. The van der Waals surface area contributed by atoms with Crippen LogP contribution in [-0.4, -0.2) is 18.9 Å². The number of hydrogen-bond donors (Lipinski definition) is 0. The molecule has 3 rings (SSSR count). The Balaban J connectivity index is 2.24. The molecule has 1 aliphatic rings. The molecule has 0 heterocycles. The first-order valence-corrected chi connectivity index (χ1v) is 10.3. The number of carbonyl (C=O) groups is 2. The first kappa shape index (κ1) is 21.0. The largest absolute Gasteiger partial charge is 0.466 e. The number of methoxy groups -OCH3 is 1. The predicted molar refractivity (Wildman–Crippen MR) is 114 cm³/mol. The highest BCUT2D eigenvalue weighted by Crippen LogP contribution is 2.55. The Morgan fingerprint density at radius 3 is 2.28 bits per heavy atom. The molecule has 0 saturated carbocycles. The molecule has 0 fully saturated rings. The number of hydrogen-bond acceptors (Lipinski definition) is 4. The van der Waals surface area contributed by atoms with Gasteiger partial charge in [-0.2, -0.15) is 5.26 Å². The van der Waals surface area contributed by atoms with Gasteiger partial charge < -0.3 is 4.74 Å². The molecule has 0 bridgehead atoms. The molecule has 0 radical (unpaired) electrons. The van der Waals surface area contributed by atoms with Gasteiger partial charge in [-0.05, 0) is 31.0 Å². The van der Waals surface area contributed by atoms with E-state index in [1.807, 2.05) is 50.2 Å². The van der Waals surface area contributed by atoms with E-state index in [4.69, 9.17) is 4.74 Å². The Labute approximate surface area is 179 Å². The third-order valence-electron chi connectivity index (χ3n) is 5.67. The fourth-order valence-corrected chi connectivity index (χ4v) is 4.45. The van der Waals surface area contributed by atoms with Gasteiger partial charge in [-0.15, -0.1) is 0 Å². The van der Waals surface area contributed by atoms with E-state index in [1.54, 1.807) is 18.2 Å². The maximum Gasteiger partial charge on any atom is 0.334 e. The summed E-state index contributed by atoms with van der Waals surface area (Å²) >= 11 is 3.42. The number of benzene rings is 2. The van der Waals surface area contributed by atoms with Gasteiger partial charge in [0.2, 0.25) is 0 Å². The van der Waals surface area contributed by atoms with E-state index < -0.39 is 23.2 Å². The van der Waals surface area contributed by atoms with Crippen molar-refractivity contribution in [1.82, 2.24) is 0 Å². The minimum atomic E-state index is -1.42. The second-order valence-electron chi connectivity index (χ2n) is 7.29. The van der Waals surface area contributed by atoms with Gasteiger partial charge in [0.05, 0.1) is 13.2 Å². The summed E-state index contributed by atoms with van der Waals surface area (Å²) in [6.07, 6.45) is 2.31. The summed E-state index contributed by atoms with van der Waals surface area (Å²) in [5.74, 6) is -1.88. The SMILES string of the molecule is CCC1C=C(C(=O)OC)C(c2ccc(Br)cc2)C1(C#N)C(=O)c1ccc(C)cc1. The van der Waals surface area contributed by atoms with E-state index in [1.165, 1.54) is 7.11 Å². The average molecular weight is 452 g/mol. The van der Waals surface area contributed by atoms with Crippen LogP contribution in [0.5, 0.6) is 0 Å². The van der Waals surface area contributed by atoms with E-state index in [2.05, 4.69) is 22.0 Å². The van der Waals surface area contributed by atoms with Gasteiger partial charge in [0.1, 0.15) is 5.41 Å². The van der Waals surface area contributed by atoms with Crippen LogP contribution < -0.4 is 0 Å². The highest BCUT2D eigenvalue weighted by molar-refractivity contribution is 9.10. The van der Waals surface area contributed by atoms with Gasteiger partial charge in [0, 0.05) is 27.4 Å². The standard InChI is InChI=1S/C24H22BrNO3/c1-4-18-13-20(23(28)29-3)21(16-9-11-19(25)12-10-16)24(18,14-26)22(27)17-7-5-15(2)6-8-17/h5-13,18,21H,4H2,1-3H3. The van der Waals surface area contributed by atoms with Crippen molar-refractivity contribution < 1.29 is 14.3 Å². The van der Waals surface area contributed by atoms with E-state index in [-0.39, 0.29) is 5.78 Å². The molecule has 0 aliphatic heterocycles. The molecule has 0 spiro atoms. The van der Waals surface area contributed by atoms with E-state index >= 15 is 0 Å². The molecule has 0 saturated heterocycles. The summed E-state index contributed by atoms with van der Waals surface area (Å²) in [7, 11) is 1.32. The summed E-state index contributed by atoms with van der Waals surface area (Å²) in [5, 5.41) is 10.4. The number of rotatable bonds is 5. The van der Waals surface area contributed by atoms with Crippen LogP contribution in [-0.2, 0) is 9.53 Å².